The van der Waals surface area contributed by atoms with E-state index < -0.39 is 0 Å². The van der Waals surface area contributed by atoms with E-state index in [1.54, 1.807) is 44.7 Å². The molecule has 0 unspecified atom stereocenters. The van der Waals surface area contributed by atoms with E-state index in [2.05, 4.69) is 15.5 Å². The summed E-state index contributed by atoms with van der Waals surface area (Å²) in [5, 5.41) is 5.79. The molecule has 8 nitrogen and oxygen atoms in total. The molecule has 1 aliphatic rings. The van der Waals surface area contributed by atoms with Crippen molar-refractivity contribution in [2.45, 2.75) is 19.4 Å². The number of rotatable bonds is 8. The van der Waals surface area contributed by atoms with Crippen molar-refractivity contribution in [2.75, 3.05) is 39.2 Å². The van der Waals surface area contributed by atoms with E-state index in [0.717, 1.165) is 18.6 Å². The third kappa shape index (κ3) is 5.74. The van der Waals surface area contributed by atoms with Crippen LogP contribution in [0.15, 0.2) is 41.0 Å². The lowest BCUT2D eigenvalue weighted by molar-refractivity contribution is -0.126. The number of anilines is 1. The molecule has 0 radical (unpaired) electrons. The van der Waals surface area contributed by atoms with Crippen molar-refractivity contribution in [1.29, 1.82) is 0 Å². The molecule has 1 aromatic carbocycles. The summed E-state index contributed by atoms with van der Waals surface area (Å²) in [5.41, 5.74) is 0.653. The third-order valence-corrected chi connectivity index (χ3v) is 5.01. The van der Waals surface area contributed by atoms with Crippen molar-refractivity contribution in [3.05, 3.63) is 42.4 Å². The van der Waals surface area contributed by atoms with Gasteiger partial charge in [-0.15, -0.1) is 0 Å². The lowest BCUT2D eigenvalue weighted by atomic mass is 9.96. The Bertz CT molecular complexity index is 814. The topological polar surface area (TPSA) is 93.0 Å². The molecule has 1 fully saturated rings. The molecule has 2 aromatic rings. The molecule has 0 atom stereocenters. The number of nitrogens with one attached hydrogen (secondary N) is 2. The molecule has 3 rings (SSSR count). The van der Waals surface area contributed by atoms with E-state index in [9.17, 15) is 9.59 Å². The monoisotopic (exact) mass is 401 g/mol. The summed E-state index contributed by atoms with van der Waals surface area (Å²) in [5.74, 6) is 1.82. The fourth-order valence-electron chi connectivity index (χ4n) is 3.40. The molecule has 2 amide bonds. The summed E-state index contributed by atoms with van der Waals surface area (Å²) in [7, 11) is 3.12. The average molecular weight is 401 g/mol. The number of hydrogen-bond donors (Lipinski definition) is 2. The summed E-state index contributed by atoms with van der Waals surface area (Å²) in [6, 6.07) is 8.88. The number of ether oxygens (including phenoxy) is 2. The summed E-state index contributed by atoms with van der Waals surface area (Å²) in [6.07, 6.45) is 3.05. The number of methoxy groups -OCH3 is 2. The van der Waals surface area contributed by atoms with Crippen LogP contribution in [0.1, 0.15) is 18.6 Å². The molecule has 1 saturated heterocycles. The number of hydrogen-bond acceptors (Lipinski definition) is 6. The van der Waals surface area contributed by atoms with Crippen molar-refractivity contribution >= 4 is 17.5 Å². The minimum absolute atomic E-state index is 0.0323. The average Bonchev–Trinajstić information content (AvgIpc) is 3.26. The van der Waals surface area contributed by atoms with Gasteiger partial charge in [0.1, 0.15) is 5.76 Å². The predicted octanol–water partition coefficient (Wildman–Crippen LogP) is 2.26. The minimum Gasteiger partial charge on any atom is -0.493 e. The molecule has 0 saturated carbocycles. The predicted molar refractivity (Wildman–Crippen MR) is 108 cm³/mol. The fraction of sp³-hybridized carbons (Fsp3) is 0.429. The number of likely N-dealkylation sites (tertiary alicyclic amines) is 1. The maximum absolute atomic E-state index is 12.4. The Morgan fingerprint density at radius 3 is 2.55 bits per heavy atom. The zero-order valence-corrected chi connectivity index (χ0v) is 16.8. The Hall–Kier alpha value is -3.00. The van der Waals surface area contributed by atoms with Gasteiger partial charge in [0.15, 0.2) is 11.5 Å². The summed E-state index contributed by atoms with van der Waals surface area (Å²) in [4.78, 5) is 26.7. The summed E-state index contributed by atoms with van der Waals surface area (Å²) >= 11 is 0. The molecule has 0 aliphatic carbocycles. The quantitative estimate of drug-likeness (QED) is 0.705. The summed E-state index contributed by atoms with van der Waals surface area (Å²) in [6.45, 7) is 2.10. The van der Waals surface area contributed by atoms with Crippen LogP contribution in [-0.2, 0) is 16.1 Å². The van der Waals surface area contributed by atoms with Crippen molar-refractivity contribution < 1.29 is 23.5 Å². The van der Waals surface area contributed by atoms with Crippen LogP contribution in [0.4, 0.5) is 5.69 Å². The van der Waals surface area contributed by atoms with Crippen molar-refractivity contribution in [3.8, 4) is 11.5 Å². The zero-order chi connectivity index (χ0) is 20.6. The van der Waals surface area contributed by atoms with Gasteiger partial charge in [-0.2, -0.15) is 0 Å². The minimum atomic E-state index is -0.0991. The molecule has 29 heavy (non-hydrogen) atoms. The molecule has 0 bridgehead atoms. The second-order valence-electron chi connectivity index (χ2n) is 6.97. The van der Waals surface area contributed by atoms with Crippen LogP contribution >= 0.6 is 0 Å². The molecule has 1 aromatic heterocycles. The summed E-state index contributed by atoms with van der Waals surface area (Å²) < 4.78 is 15.7. The Kier molecular flexibility index (Phi) is 7.13. The number of amides is 2. The van der Waals surface area contributed by atoms with Gasteiger partial charge in [-0.3, -0.25) is 14.5 Å². The number of carbonyl (C=O) groups is 2. The molecule has 0 spiro atoms. The smallest absolute Gasteiger partial charge is 0.238 e. The molecule has 1 aliphatic heterocycles. The van der Waals surface area contributed by atoms with Gasteiger partial charge in [0.25, 0.3) is 0 Å². The Balaban J connectivity index is 1.42. The molecule has 156 valence electrons. The first-order chi connectivity index (χ1) is 14.1. The van der Waals surface area contributed by atoms with E-state index in [1.807, 2.05) is 6.07 Å². The fourth-order valence-corrected chi connectivity index (χ4v) is 3.40. The molecule has 2 heterocycles. The standard InChI is InChI=1S/C21H27N3O5/c1-27-18-6-5-16(12-19(18)28-2)23-20(25)14-24-9-7-15(8-10-24)21(26)22-13-17-4-3-11-29-17/h3-6,11-12,15H,7-10,13-14H2,1-2H3,(H,22,26)(H,23,25). The number of benzene rings is 1. The molecular weight excluding hydrogens is 374 g/mol. The Morgan fingerprint density at radius 2 is 1.90 bits per heavy atom. The number of carbonyl (C=O) groups excluding carboxylic acids is 2. The number of nitrogens with zero attached hydrogens (tertiary/aromatic N) is 1. The highest BCUT2D eigenvalue weighted by atomic mass is 16.5. The third-order valence-electron chi connectivity index (χ3n) is 5.01. The lowest BCUT2D eigenvalue weighted by Gasteiger charge is -2.30. The molecule has 2 N–H and O–H groups in total. The van der Waals surface area contributed by atoms with Crippen LogP contribution in [0.5, 0.6) is 11.5 Å². The first-order valence-corrected chi connectivity index (χ1v) is 9.63. The van der Waals surface area contributed by atoms with Gasteiger partial charge >= 0.3 is 0 Å². The van der Waals surface area contributed by atoms with Crippen LogP contribution in [0.3, 0.4) is 0 Å². The van der Waals surface area contributed by atoms with E-state index in [4.69, 9.17) is 13.9 Å². The maximum Gasteiger partial charge on any atom is 0.238 e. The Labute approximate surface area is 170 Å². The second kappa shape index (κ2) is 9.97. The highest BCUT2D eigenvalue weighted by Crippen LogP contribution is 2.29. The van der Waals surface area contributed by atoms with Gasteiger partial charge in [-0.1, -0.05) is 0 Å². The second-order valence-corrected chi connectivity index (χ2v) is 6.97. The van der Waals surface area contributed by atoms with Crippen LogP contribution in [-0.4, -0.2) is 50.6 Å². The number of furan rings is 1. The molecular formula is C21H27N3O5. The van der Waals surface area contributed by atoms with Crippen LogP contribution in [0.2, 0.25) is 0 Å². The van der Waals surface area contributed by atoms with Gasteiger partial charge in [-0.05, 0) is 50.2 Å². The van der Waals surface area contributed by atoms with Crippen molar-refractivity contribution in [2.24, 2.45) is 5.92 Å². The largest absolute Gasteiger partial charge is 0.493 e. The Morgan fingerprint density at radius 1 is 1.14 bits per heavy atom. The van der Waals surface area contributed by atoms with E-state index >= 15 is 0 Å². The maximum atomic E-state index is 12.4. The first-order valence-electron chi connectivity index (χ1n) is 9.63. The first kappa shape index (κ1) is 20.7. The lowest BCUT2D eigenvalue weighted by Crippen LogP contribution is -2.43. The number of piperidine rings is 1. The van der Waals surface area contributed by atoms with Gasteiger partial charge < -0.3 is 24.5 Å². The van der Waals surface area contributed by atoms with Crippen molar-refractivity contribution in [1.82, 2.24) is 10.2 Å². The van der Waals surface area contributed by atoms with Crippen LogP contribution in [0.25, 0.3) is 0 Å². The van der Waals surface area contributed by atoms with E-state index in [1.165, 1.54) is 0 Å². The van der Waals surface area contributed by atoms with Gasteiger partial charge in [0.05, 0.1) is 33.6 Å². The van der Waals surface area contributed by atoms with Crippen LogP contribution < -0.4 is 20.1 Å². The highest BCUT2D eigenvalue weighted by molar-refractivity contribution is 5.92. The zero-order valence-electron chi connectivity index (χ0n) is 16.8. The SMILES string of the molecule is COc1ccc(NC(=O)CN2CCC(C(=O)NCc3ccco3)CC2)cc1OC. The van der Waals surface area contributed by atoms with Gasteiger partial charge in [0.2, 0.25) is 11.8 Å². The van der Waals surface area contributed by atoms with Gasteiger partial charge in [-0.25, -0.2) is 0 Å². The normalized spacial score (nSPS) is 15.0. The van der Waals surface area contributed by atoms with Crippen LogP contribution in [0, 0.1) is 5.92 Å². The molecule has 8 heteroatoms. The van der Waals surface area contributed by atoms with E-state index in [-0.39, 0.29) is 24.3 Å². The van der Waals surface area contributed by atoms with E-state index in [0.29, 0.717) is 36.8 Å². The van der Waals surface area contributed by atoms with Crippen molar-refractivity contribution in [3.63, 3.8) is 0 Å². The van der Waals surface area contributed by atoms with Gasteiger partial charge in [0, 0.05) is 17.7 Å². The highest BCUT2D eigenvalue weighted by Gasteiger charge is 2.26.